The minimum Gasteiger partial charge on any atom is -0.484 e. The van der Waals surface area contributed by atoms with E-state index in [-0.39, 0.29) is 12.5 Å². The highest BCUT2D eigenvalue weighted by Gasteiger charge is 2.03. The molecule has 0 saturated carbocycles. The average molecular weight is 267 g/mol. The number of hydrogen-bond donors (Lipinski definition) is 2. The molecule has 0 aliphatic carbocycles. The van der Waals surface area contributed by atoms with E-state index in [2.05, 4.69) is 5.32 Å². The molecule has 19 heavy (non-hydrogen) atoms. The molecule has 0 fully saturated rings. The van der Waals surface area contributed by atoms with E-state index in [1.807, 2.05) is 0 Å². The smallest absolute Gasteiger partial charge is 0.257 e. The lowest BCUT2D eigenvalue weighted by Crippen LogP contribution is -2.30. The van der Waals surface area contributed by atoms with E-state index in [0.717, 1.165) is 12.0 Å². The van der Waals surface area contributed by atoms with Crippen LogP contribution in [-0.4, -0.2) is 37.9 Å². The maximum absolute atomic E-state index is 11.4. The molecule has 1 rings (SSSR count). The number of nitrogens with one attached hydrogen (secondary N) is 1. The van der Waals surface area contributed by atoms with Gasteiger partial charge >= 0.3 is 0 Å². The Bertz CT molecular complexity index is 376. The second-order valence-electron chi connectivity index (χ2n) is 4.23. The van der Waals surface area contributed by atoms with Crippen LogP contribution < -0.4 is 10.1 Å². The van der Waals surface area contributed by atoms with Gasteiger partial charge in [0.25, 0.3) is 5.91 Å². The number of rotatable bonds is 8. The summed E-state index contributed by atoms with van der Waals surface area (Å²) in [5, 5.41) is 12.1. The van der Waals surface area contributed by atoms with Gasteiger partial charge in [0.1, 0.15) is 5.75 Å². The number of hydrogen-bond acceptors (Lipinski definition) is 4. The lowest BCUT2D eigenvalue weighted by Gasteiger charge is -2.09. The molecule has 1 amide bonds. The Morgan fingerprint density at radius 2 is 2.05 bits per heavy atom. The largest absolute Gasteiger partial charge is 0.484 e. The van der Waals surface area contributed by atoms with Crippen molar-refractivity contribution in [3.05, 3.63) is 29.8 Å². The molecule has 0 radical (unpaired) electrons. The Balaban J connectivity index is 2.26. The average Bonchev–Trinajstić information content (AvgIpc) is 2.42. The van der Waals surface area contributed by atoms with Crippen molar-refractivity contribution in [2.45, 2.75) is 19.4 Å². The van der Waals surface area contributed by atoms with Crippen molar-refractivity contribution in [1.29, 1.82) is 0 Å². The molecule has 0 aliphatic heterocycles. The summed E-state index contributed by atoms with van der Waals surface area (Å²) < 4.78 is 10.2. The summed E-state index contributed by atoms with van der Waals surface area (Å²) in [7, 11) is 1.63. The van der Waals surface area contributed by atoms with Crippen LogP contribution in [0.1, 0.15) is 25.0 Å². The van der Waals surface area contributed by atoms with Crippen molar-refractivity contribution in [2.75, 3.05) is 26.9 Å². The highest BCUT2D eigenvalue weighted by Crippen LogP contribution is 2.16. The van der Waals surface area contributed by atoms with Gasteiger partial charge in [-0.05, 0) is 31.0 Å². The van der Waals surface area contributed by atoms with Crippen LogP contribution in [0.15, 0.2) is 24.3 Å². The third-order valence-electron chi connectivity index (χ3n) is 2.58. The number of aliphatic hydroxyl groups is 1. The molecule has 5 nitrogen and oxygen atoms in total. The fraction of sp³-hybridized carbons (Fsp3) is 0.500. The molecule has 0 heterocycles. The molecule has 1 aromatic rings. The summed E-state index contributed by atoms with van der Waals surface area (Å²) in [5.74, 6) is 0.451. The number of amides is 1. The molecule has 0 aromatic heterocycles. The molecular formula is C14H21NO4. The van der Waals surface area contributed by atoms with E-state index in [1.165, 1.54) is 0 Å². The van der Waals surface area contributed by atoms with Crippen LogP contribution >= 0.6 is 0 Å². The van der Waals surface area contributed by atoms with Gasteiger partial charge in [0.15, 0.2) is 6.61 Å². The molecule has 0 aliphatic rings. The molecule has 0 spiro atoms. The molecule has 0 bridgehead atoms. The van der Waals surface area contributed by atoms with E-state index in [9.17, 15) is 9.90 Å². The zero-order valence-electron chi connectivity index (χ0n) is 11.4. The predicted molar refractivity (Wildman–Crippen MR) is 72.1 cm³/mol. The molecule has 0 unspecified atom stereocenters. The maximum atomic E-state index is 11.4. The molecule has 106 valence electrons. The highest BCUT2D eigenvalue weighted by molar-refractivity contribution is 5.77. The van der Waals surface area contributed by atoms with E-state index < -0.39 is 6.10 Å². The molecular weight excluding hydrogens is 246 g/mol. The van der Waals surface area contributed by atoms with Crippen molar-refractivity contribution in [1.82, 2.24) is 5.32 Å². The zero-order chi connectivity index (χ0) is 14.1. The Morgan fingerprint density at radius 3 is 2.63 bits per heavy atom. The van der Waals surface area contributed by atoms with Gasteiger partial charge in [0.2, 0.25) is 0 Å². The Morgan fingerprint density at radius 1 is 1.37 bits per heavy atom. The summed E-state index contributed by atoms with van der Waals surface area (Å²) >= 11 is 0. The number of ether oxygens (including phenoxy) is 2. The molecule has 1 aromatic carbocycles. The fourth-order valence-electron chi connectivity index (χ4n) is 1.49. The van der Waals surface area contributed by atoms with E-state index in [0.29, 0.717) is 18.9 Å². The molecule has 2 N–H and O–H groups in total. The first-order chi connectivity index (χ1) is 9.13. The van der Waals surface area contributed by atoms with Crippen LogP contribution in [0, 0.1) is 0 Å². The summed E-state index contributed by atoms with van der Waals surface area (Å²) in [6, 6.07) is 7.02. The van der Waals surface area contributed by atoms with Gasteiger partial charge in [-0.3, -0.25) is 4.79 Å². The third kappa shape index (κ3) is 6.22. The van der Waals surface area contributed by atoms with Gasteiger partial charge in [-0.1, -0.05) is 12.1 Å². The summed E-state index contributed by atoms with van der Waals surface area (Å²) in [6.45, 7) is 2.89. The van der Waals surface area contributed by atoms with Gasteiger partial charge < -0.3 is 19.9 Å². The Labute approximate surface area is 113 Å². The number of carbonyl (C=O) groups is 1. The standard InChI is InChI=1S/C14H21NO4/c1-11(16)12-4-6-13(7-5-12)19-10-14(17)15-8-3-9-18-2/h4-7,11,16H,3,8-10H2,1-2H3,(H,15,17)/t11-/m0/s1. The molecule has 0 saturated heterocycles. The first kappa shape index (κ1) is 15.5. The zero-order valence-corrected chi connectivity index (χ0v) is 11.4. The van der Waals surface area contributed by atoms with Gasteiger partial charge in [0, 0.05) is 20.3 Å². The van der Waals surface area contributed by atoms with Gasteiger partial charge in [-0.15, -0.1) is 0 Å². The maximum Gasteiger partial charge on any atom is 0.257 e. The molecule has 1 atom stereocenters. The monoisotopic (exact) mass is 267 g/mol. The first-order valence-electron chi connectivity index (χ1n) is 6.30. The first-order valence-corrected chi connectivity index (χ1v) is 6.30. The third-order valence-corrected chi connectivity index (χ3v) is 2.58. The summed E-state index contributed by atoms with van der Waals surface area (Å²) in [6.07, 6.45) is 0.281. The second kappa shape index (κ2) is 8.50. The SMILES string of the molecule is COCCCNC(=O)COc1ccc([C@H](C)O)cc1. The summed E-state index contributed by atoms with van der Waals surface area (Å²) in [5.41, 5.74) is 0.816. The second-order valence-corrected chi connectivity index (χ2v) is 4.23. The highest BCUT2D eigenvalue weighted by atomic mass is 16.5. The van der Waals surface area contributed by atoms with Crippen LogP contribution in [0.25, 0.3) is 0 Å². The lowest BCUT2D eigenvalue weighted by molar-refractivity contribution is -0.123. The van der Waals surface area contributed by atoms with Crippen molar-refractivity contribution >= 4 is 5.91 Å². The van der Waals surface area contributed by atoms with Gasteiger partial charge in [0.05, 0.1) is 6.10 Å². The fourth-order valence-corrected chi connectivity index (χ4v) is 1.49. The molecule has 5 heteroatoms. The lowest BCUT2D eigenvalue weighted by atomic mass is 10.1. The van der Waals surface area contributed by atoms with Gasteiger partial charge in [-0.25, -0.2) is 0 Å². The van der Waals surface area contributed by atoms with Crippen molar-refractivity contribution < 1.29 is 19.4 Å². The van der Waals surface area contributed by atoms with Crippen LogP contribution in [-0.2, 0) is 9.53 Å². The minimum atomic E-state index is -0.502. The Hall–Kier alpha value is -1.59. The minimum absolute atomic E-state index is 0.0129. The number of benzene rings is 1. The number of methoxy groups -OCH3 is 1. The van der Waals surface area contributed by atoms with Crippen LogP contribution in [0.5, 0.6) is 5.75 Å². The van der Waals surface area contributed by atoms with E-state index in [1.54, 1.807) is 38.3 Å². The van der Waals surface area contributed by atoms with Gasteiger partial charge in [-0.2, -0.15) is 0 Å². The van der Waals surface area contributed by atoms with Crippen LogP contribution in [0.3, 0.4) is 0 Å². The van der Waals surface area contributed by atoms with Crippen molar-refractivity contribution in [2.24, 2.45) is 0 Å². The summed E-state index contributed by atoms with van der Waals surface area (Å²) in [4.78, 5) is 11.4. The van der Waals surface area contributed by atoms with E-state index >= 15 is 0 Å². The van der Waals surface area contributed by atoms with Crippen LogP contribution in [0.2, 0.25) is 0 Å². The normalized spacial score (nSPS) is 11.9. The van der Waals surface area contributed by atoms with Crippen molar-refractivity contribution in [3.63, 3.8) is 0 Å². The van der Waals surface area contributed by atoms with Crippen molar-refractivity contribution in [3.8, 4) is 5.75 Å². The Kier molecular flexibility index (Phi) is 6.92. The predicted octanol–water partition coefficient (Wildman–Crippen LogP) is 1.27. The number of aliphatic hydroxyl groups excluding tert-OH is 1. The van der Waals surface area contributed by atoms with E-state index in [4.69, 9.17) is 9.47 Å². The van der Waals surface area contributed by atoms with Crippen LogP contribution in [0.4, 0.5) is 0 Å². The number of carbonyl (C=O) groups excluding carboxylic acids is 1. The quantitative estimate of drug-likeness (QED) is 0.696. The topological polar surface area (TPSA) is 67.8 Å².